The lowest BCUT2D eigenvalue weighted by Gasteiger charge is -2.16. The van der Waals surface area contributed by atoms with Crippen LogP contribution in [0.5, 0.6) is 0 Å². The van der Waals surface area contributed by atoms with Gasteiger partial charge in [0.25, 0.3) is 0 Å². The van der Waals surface area contributed by atoms with E-state index in [0.29, 0.717) is 0 Å². The second-order valence-corrected chi connectivity index (χ2v) is 4.81. The second-order valence-electron chi connectivity index (χ2n) is 3.75. The van der Waals surface area contributed by atoms with Crippen molar-refractivity contribution in [3.8, 4) is 0 Å². The maximum absolute atomic E-state index is 5.63. The molecule has 0 radical (unpaired) electrons. The first-order valence-electron chi connectivity index (χ1n) is 5.16. The summed E-state index contributed by atoms with van der Waals surface area (Å²) in [5.74, 6) is 5.63. The van der Waals surface area contributed by atoms with Gasteiger partial charge in [0, 0.05) is 5.38 Å². The molecule has 0 amide bonds. The molecule has 1 aromatic carbocycles. The zero-order valence-corrected chi connectivity index (χ0v) is 10.2. The van der Waals surface area contributed by atoms with Crippen LogP contribution in [-0.2, 0) is 0 Å². The SMILES string of the molecule is Cc1nc(C(NN)c2ccccc2C)cs1. The average molecular weight is 233 g/mol. The lowest BCUT2D eigenvalue weighted by molar-refractivity contribution is 0.620. The van der Waals surface area contributed by atoms with Crippen molar-refractivity contribution in [2.24, 2.45) is 5.84 Å². The van der Waals surface area contributed by atoms with Gasteiger partial charge in [-0.2, -0.15) is 0 Å². The molecule has 0 aliphatic rings. The van der Waals surface area contributed by atoms with E-state index in [1.54, 1.807) is 11.3 Å². The Morgan fingerprint density at radius 3 is 2.62 bits per heavy atom. The Labute approximate surface area is 99.3 Å². The van der Waals surface area contributed by atoms with E-state index in [0.717, 1.165) is 10.7 Å². The Balaban J connectivity index is 2.40. The van der Waals surface area contributed by atoms with Crippen LogP contribution in [0.25, 0.3) is 0 Å². The van der Waals surface area contributed by atoms with Crippen molar-refractivity contribution in [3.63, 3.8) is 0 Å². The summed E-state index contributed by atoms with van der Waals surface area (Å²) < 4.78 is 0. The fraction of sp³-hybridized carbons (Fsp3) is 0.250. The van der Waals surface area contributed by atoms with Gasteiger partial charge in [-0.3, -0.25) is 5.84 Å². The van der Waals surface area contributed by atoms with Crippen LogP contribution in [-0.4, -0.2) is 4.98 Å². The van der Waals surface area contributed by atoms with E-state index in [9.17, 15) is 0 Å². The Kier molecular flexibility index (Phi) is 3.33. The summed E-state index contributed by atoms with van der Waals surface area (Å²) in [6.07, 6.45) is 0. The smallest absolute Gasteiger partial charge is 0.0898 e. The monoisotopic (exact) mass is 233 g/mol. The van der Waals surface area contributed by atoms with Crippen LogP contribution in [0.2, 0.25) is 0 Å². The number of benzene rings is 1. The van der Waals surface area contributed by atoms with Gasteiger partial charge in [-0.15, -0.1) is 11.3 Å². The number of hydrazine groups is 1. The molecule has 16 heavy (non-hydrogen) atoms. The third-order valence-corrected chi connectivity index (χ3v) is 3.39. The lowest BCUT2D eigenvalue weighted by atomic mass is 10.00. The van der Waals surface area contributed by atoms with Crippen LogP contribution in [0, 0.1) is 13.8 Å². The Morgan fingerprint density at radius 2 is 2.06 bits per heavy atom. The van der Waals surface area contributed by atoms with Crippen LogP contribution < -0.4 is 11.3 Å². The second kappa shape index (κ2) is 4.74. The summed E-state index contributed by atoms with van der Waals surface area (Å²) in [5.41, 5.74) is 6.21. The van der Waals surface area contributed by atoms with Gasteiger partial charge in [-0.05, 0) is 25.0 Å². The quantitative estimate of drug-likeness (QED) is 0.632. The van der Waals surface area contributed by atoms with E-state index in [1.165, 1.54) is 11.1 Å². The van der Waals surface area contributed by atoms with Gasteiger partial charge in [-0.1, -0.05) is 24.3 Å². The zero-order chi connectivity index (χ0) is 11.5. The molecular weight excluding hydrogens is 218 g/mol. The van der Waals surface area contributed by atoms with E-state index in [2.05, 4.69) is 29.5 Å². The van der Waals surface area contributed by atoms with Gasteiger partial charge >= 0.3 is 0 Å². The topological polar surface area (TPSA) is 50.9 Å². The molecule has 1 heterocycles. The van der Waals surface area contributed by atoms with Crippen molar-refractivity contribution in [1.29, 1.82) is 0 Å². The molecule has 1 unspecified atom stereocenters. The van der Waals surface area contributed by atoms with Crippen LogP contribution >= 0.6 is 11.3 Å². The molecule has 2 aromatic rings. The number of rotatable bonds is 3. The maximum atomic E-state index is 5.63. The first kappa shape index (κ1) is 11.3. The molecule has 0 saturated carbocycles. The first-order valence-corrected chi connectivity index (χ1v) is 6.04. The van der Waals surface area contributed by atoms with Crippen LogP contribution in [0.15, 0.2) is 29.6 Å². The standard InChI is InChI=1S/C12H15N3S/c1-8-5-3-4-6-10(8)12(15-13)11-7-16-9(2)14-11/h3-7,12,15H,13H2,1-2H3. The summed E-state index contributed by atoms with van der Waals surface area (Å²) in [5, 5.41) is 3.11. The van der Waals surface area contributed by atoms with Crippen molar-refractivity contribution in [3.05, 3.63) is 51.5 Å². The van der Waals surface area contributed by atoms with Gasteiger partial charge in [0.2, 0.25) is 0 Å². The summed E-state index contributed by atoms with van der Waals surface area (Å²) >= 11 is 1.64. The predicted octanol–water partition coefficient (Wildman–Crippen LogP) is 2.31. The van der Waals surface area contributed by atoms with Crippen molar-refractivity contribution in [2.45, 2.75) is 19.9 Å². The van der Waals surface area contributed by atoms with E-state index in [4.69, 9.17) is 5.84 Å². The van der Waals surface area contributed by atoms with Crippen molar-refractivity contribution in [2.75, 3.05) is 0 Å². The largest absolute Gasteiger partial charge is 0.271 e. The summed E-state index contributed by atoms with van der Waals surface area (Å²) in [6.45, 7) is 4.08. The average Bonchev–Trinajstić information content (AvgIpc) is 2.69. The highest BCUT2D eigenvalue weighted by atomic mass is 32.1. The number of nitrogens with one attached hydrogen (secondary N) is 1. The molecule has 0 spiro atoms. The molecular formula is C12H15N3S. The molecule has 2 rings (SSSR count). The number of hydrogen-bond acceptors (Lipinski definition) is 4. The summed E-state index contributed by atoms with van der Waals surface area (Å²) in [7, 11) is 0. The van der Waals surface area contributed by atoms with Gasteiger partial charge in [0.05, 0.1) is 16.7 Å². The Hall–Kier alpha value is -1.23. The minimum Gasteiger partial charge on any atom is -0.271 e. The fourth-order valence-corrected chi connectivity index (χ4v) is 2.40. The van der Waals surface area contributed by atoms with E-state index in [1.807, 2.05) is 24.4 Å². The summed E-state index contributed by atoms with van der Waals surface area (Å²) in [4.78, 5) is 4.48. The molecule has 0 saturated heterocycles. The minimum atomic E-state index is -0.0221. The highest BCUT2D eigenvalue weighted by molar-refractivity contribution is 7.09. The number of hydrogen-bond donors (Lipinski definition) is 2. The highest BCUT2D eigenvalue weighted by Crippen LogP contribution is 2.24. The number of thiazole rings is 1. The normalized spacial score (nSPS) is 12.7. The Morgan fingerprint density at radius 1 is 1.31 bits per heavy atom. The van der Waals surface area contributed by atoms with Crippen molar-refractivity contribution < 1.29 is 0 Å². The van der Waals surface area contributed by atoms with Gasteiger partial charge in [0.15, 0.2) is 0 Å². The van der Waals surface area contributed by atoms with Crippen LogP contribution in [0.3, 0.4) is 0 Å². The molecule has 0 aliphatic heterocycles. The molecule has 0 fully saturated rings. The molecule has 0 bridgehead atoms. The van der Waals surface area contributed by atoms with E-state index in [-0.39, 0.29) is 6.04 Å². The fourth-order valence-electron chi connectivity index (χ4n) is 1.76. The number of nitrogens with zero attached hydrogens (tertiary/aromatic N) is 1. The number of nitrogens with two attached hydrogens (primary N) is 1. The minimum absolute atomic E-state index is 0.0221. The van der Waals surface area contributed by atoms with Gasteiger partial charge in [0.1, 0.15) is 0 Å². The molecule has 3 nitrogen and oxygen atoms in total. The molecule has 3 N–H and O–H groups in total. The van der Waals surface area contributed by atoms with Gasteiger partial charge in [-0.25, -0.2) is 10.4 Å². The maximum Gasteiger partial charge on any atom is 0.0898 e. The molecule has 1 aromatic heterocycles. The third kappa shape index (κ3) is 2.14. The number of aryl methyl sites for hydroxylation is 2. The third-order valence-electron chi connectivity index (χ3n) is 2.60. The Bertz CT molecular complexity index is 479. The lowest BCUT2D eigenvalue weighted by Crippen LogP contribution is -2.29. The van der Waals surface area contributed by atoms with E-state index < -0.39 is 0 Å². The number of aromatic nitrogens is 1. The summed E-state index contributed by atoms with van der Waals surface area (Å²) in [6, 6.07) is 8.18. The molecule has 1 atom stereocenters. The molecule has 0 aliphatic carbocycles. The molecule has 84 valence electrons. The first-order chi connectivity index (χ1) is 7.72. The predicted molar refractivity (Wildman–Crippen MR) is 67.2 cm³/mol. The van der Waals surface area contributed by atoms with Crippen LogP contribution in [0.4, 0.5) is 0 Å². The van der Waals surface area contributed by atoms with Gasteiger partial charge < -0.3 is 0 Å². The van der Waals surface area contributed by atoms with Crippen molar-refractivity contribution >= 4 is 11.3 Å². The van der Waals surface area contributed by atoms with E-state index >= 15 is 0 Å². The highest BCUT2D eigenvalue weighted by Gasteiger charge is 2.16. The zero-order valence-electron chi connectivity index (χ0n) is 9.40. The van der Waals surface area contributed by atoms with Crippen molar-refractivity contribution in [1.82, 2.24) is 10.4 Å². The molecule has 4 heteroatoms. The van der Waals surface area contributed by atoms with Crippen LogP contribution in [0.1, 0.15) is 27.9 Å².